The SMILES string of the molecule is CNCc1ccc(-c2ccc(C)c(Cl)c2)cc1. The van der Waals surface area contributed by atoms with Crippen molar-refractivity contribution in [3.63, 3.8) is 0 Å². The maximum Gasteiger partial charge on any atom is 0.0441 e. The second kappa shape index (κ2) is 5.35. The van der Waals surface area contributed by atoms with E-state index in [1.807, 2.05) is 20.0 Å². The van der Waals surface area contributed by atoms with Crippen LogP contribution in [0.5, 0.6) is 0 Å². The highest BCUT2D eigenvalue weighted by atomic mass is 35.5. The predicted molar refractivity (Wildman–Crippen MR) is 74.4 cm³/mol. The number of halogens is 1. The van der Waals surface area contributed by atoms with Crippen molar-refractivity contribution in [2.75, 3.05) is 7.05 Å². The Balaban J connectivity index is 2.30. The van der Waals surface area contributed by atoms with Crippen molar-refractivity contribution in [3.8, 4) is 11.1 Å². The van der Waals surface area contributed by atoms with Gasteiger partial charge in [-0.05, 0) is 42.3 Å². The van der Waals surface area contributed by atoms with Crippen LogP contribution in [-0.4, -0.2) is 7.05 Å². The molecule has 0 aromatic heterocycles. The van der Waals surface area contributed by atoms with Crippen molar-refractivity contribution < 1.29 is 0 Å². The number of hydrogen-bond acceptors (Lipinski definition) is 1. The second-order valence-electron chi connectivity index (χ2n) is 4.19. The molecule has 1 N–H and O–H groups in total. The van der Waals surface area contributed by atoms with E-state index in [1.165, 1.54) is 11.1 Å². The van der Waals surface area contributed by atoms with Crippen LogP contribution in [0.2, 0.25) is 5.02 Å². The van der Waals surface area contributed by atoms with E-state index < -0.39 is 0 Å². The molecule has 0 aliphatic rings. The van der Waals surface area contributed by atoms with Gasteiger partial charge in [0.2, 0.25) is 0 Å². The summed E-state index contributed by atoms with van der Waals surface area (Å²) in [4.78, 5) is 0. The number of benzene rings is 2. The van der Waals surface area contributed by atoms with E-state index in [0.717, 1.165) is 22.7 Å². The average Bonchev–Trinajstić information content (AvgIpc) is 2.34. The first-order valence-corrected chi connectivity index (χ1v) is 6.08. The van der Waals surface area contributed by atoms with E-state index in [-0.39, 0.29) is 0 Å². The number of rotatable bonds is 3. The van der Waals surface area contributed by atoms with Gasteiger partial charge in [0.1, 0.15) is 0 Å². The average molecular weight is 246 g/mol. The number of nitrogens with one attached hydrogen (secondary N) is 1. The smallest absolute Gasteiger partial charge is 0.0441 e. The molecule has 0 bridgehead atoms. The molecule has 1 nitrogen and oxygen atoms in total. The van der Waals surface area contributed by atoms with E-state index in [9.17, 15) is 0 Å². The molecular weight excluding hydrogens is 230 g/mol. The van der Waals surface area contributed by atoms with E-state index in [0.29, 0.717) is 0 Å². The quantitative estimate of drug-likeness (QED) is 0.861. The zero-order valence-electron chi connectivity index (χ0n) is 10.1. The molecule has 2 heteroatoms. The van der Waals surface area contributed by atoms with Crippen LogP contribution >= 0.6 is 11.6 Å². The molecule has 0 saturated heterocycles. The molecule has 0 aliphatic carbocycles. The van der Waals surface area contributed by atoms with Crippen molar-refractivity contribution in [3.05, 3.63) is 58.6 Å². The van der Waals surface area contributed by atoms with E-state index in [4.69, 9.17) is 11.6 Å². The standard InChI is InChI=1S/C15H16ClN/c1-11-3-6-14(9-15(11)16)13-7-4-12(5-8-13)10-17-2/h3-9,17H,10H2,1-2H3. The van der Waals surface area contributed by atoms with Gasteiger partial charge in [-0.15, -0.1) is 0 Å². The van der Waals surface area contributed by atoms with Gasteiger partial charge in [0.15, 0.2) is 0 Å². The Kier molecular flexibility index (Phi) is 3.82. The molecule has 0 heterocycles. The van der Waals surface area contributed by atoms with Crippen molar-refractivity contribution >= 4 is 11.6 Å². The van der Waals surface area contributed by atoms with Crippen molar-refractivity contribution in [1.29, 1.82) is 0 Å². The summed E-state index contributed by atoms with van der Waals surface area (Å²) in [6.07, 6.45) is 0. The maximum absolute atomic E-state index is 6.13. The minimum Gasteiger partial charge on any atom is -0.316 e. The minimum absolute atomic E-state index is 0.821. The lowest BCUT2D eigenvalue weighted by molar-refractivity contribution is 0.818. The number of hydrogen-bond donors (Lipinski definition) is 1. The highest BCUT2D eigenvalue weighted by Crippen LogP contribution is 2.25. The molecule has 0 atom stereocenters. The summed E-state index contributed by atoms with van der Waals surface area (Å²) in [6.45, 7) is 2.91. The van der Waals surface area contributed by atoms with E-state index >= 15 is 0 Å². The fraction of sp³-hybridized carbons (Fsp3) is 0.200. The summed E-state index contributed by atoms with van der Waals surface area (Å²) in [7, 11) is 1.95. The van der Waals surface area contributed by atoms with Crippen LogP contribution in [0.25, 0.3) is 11.1 Å². The Morgan fingerprint density at radius 3 is 2.24 bits per heavy atom. The van der Waals surface area contributed by atoms with E-state index in [2.05, 4.69) is 41.7 Å². The third-order valence-corrected chi connectivity index (χ3v) is 3.25. The lowest BCUT2D eigenvalue weighted by Crippen LogP contribution is -2.04. The molecule has 0 radical (unpaired) electrons. The molecule has 88 valence electrons. The molecule has 2 rings (SSSR count). The third kappa shape index (κ3) is 2.87. The van der Waals surface area contributed by atoms with Crippen LogP contribution in [0.4, 0.5) is 0 Å². The first kappa shape index (κ1) is 12.2. The van der Waals surface area contributed by atoms with Gasteiger partial charge in [0.25, 0.3) is 0 Å². The predicted octanol–water partition coefficient (Wildman–Crippen LogP) is 4.03. The molecule has 17 heavy (non-hydrogen) atoms. The van der Waals surface area contributed by atoms with Gasteiger partial charge in [-0.25, -0.2) is 0 Å². The zero-order valence-corrected chi connectivity index (χ0v) is 10.9. The third-order valence-electron chi connectivity index (χ3n) is 2.84. The monoisotopic (exact) mass is 245 g/mol. The van der Waals surface area contributed by atoms with Crippen LogP contribution < -0.4 is 5.32 Å². The van der Waals surface area contributed by atoms with Crippen LogP contribution in [0, 0.1) is 6.92 Å². The lowest BCUT2D eigenvalue weighted by Gasteiger charge is -2.06. The molecule has 0 saturated carbocycles. The van der Waals surface area contributed by atoms with Crippen molar-refractivity contribution in [2.45, 2.75) is 13.5 Å². The van der Waals surface area contributed by atoms with Crippen LogP contribution in [0.3, 0.4) is 0 Å². The first-order chi connectivity index (χ1) is 8.20. The van der Waals surface area contributed by atoms with Crippen molar-refractivity contribution in [1.82, 2.24) is 5.32 Å². The van der Waals surface area contributed by atoms with Crippen LogP contribution in [0.15, 0.2) is 42.5 Å². The summed E-state index contributed by atoms with van der Waals surface area (Å²) in [5.41, 5.74) is 4.76. The molecular formula is C15H16ClN. The van der Waals surface area contributed by atoms with Gasteiger partial charge in [-0.2, -0.15) is 0 Å². The summed E-state index contributed by atoms with van der Waals surface area (Å²) < 4.78 is 0. The molecule has 0 aliphatic heterocycles. The second-order valence-corrected chi connectivity index (χ2v) is 4.60. The summed E-state index contributed by atoms with van der Waals surface area (Å²) in [5, 5.41) is 3.96. The fourth-order valence-corrected chi connectivity index (χ4v) is 1.97. The van der Waals surface area contributed by atoms with Gasteiger partial charge in [-0.1, -0.05) is 48.0 Å². The highest BCUT2D eigenvalue weighted by Gasteiger charge is 2.01. The minimum atomic E-state index is 0.821. The molecule has 2 aromatic carbocycles. The first-order valence-electron chi connectivity index (χ1n) is 5.71. The zero-order chi connectivity index (χ0) is 12.3. The van der Waals surface area contributed by atoms with Crippen molar-refractivity contribution in [2.24, 2.45) is 0 Å². The molecule has 0 spiro atoms. The summed E-state index contributed by atoms with van der Waals surface area (Å²) in [5.74, 6) is 0. The molecule has 0 amide bonds. The van der Waals surface area contributed by atoms with Gasteiger partial charge in [0, 0.05) is 11.6 Å². The largest absolute Gasteiger partial charge is 0.316 e. The Hall–Kier alpha value is -1.31. The topological polar surface area (TPSA) is 12.0 Å². The summed E-state index contributed by atoms with van der Waals surface area (Å²) in [6, 6.07) is 14.7. The Morgan fingerprint density at radius 2 is 1.65 bits per heavy atom. The normalized spacial score (nSPS) is 10.5. The van der Waals surface area contributed by atoms with Gasteiger partial charge < -0.3 is 5.32 Å². The Labute approximate surface area is 107 Å². The molecule has 2 aromatic rings. The van der Waals surface area contributed by atoms with Crippen LogP contribution in [0.1, 0.15) is 11.1 Å². The fourth-order valence-electron chi connectivity index (χ4n) is 1.79. The van der Waals surface area contributed by atoms with E-state index in [1.54, 1.807) is 0 Å². The van der Waals surface area contributed by atoms with Crippen LogP contribution in [-0.2, 0) is 6.54 Å². The lowest BCUT2D eigenvalue weighted by atomic mass is 10.0. The maximum atomic E-state index is 6.13. The number of aryl methyl sites for hydroxylation is 1. The molecule has 0 unspecified atom stereocenters. The van der Waals surface area contributed by atoms with Gasteiger partial charge in [0.05, 0.1) is 0 Å². The van der Waals surface area contributed by atoms with Gasteiger partial charge >= 0.3 is 0 Å². The Morgan fingerprint density at radius 1 is 1.00 bits per heavy atom. The summed E-state index contributed by atoms with van der Waals surface area (Å²) >= 11 is 6.13. The Bertz CT molecular complexity index is 503. The van der Waals surface area contributed by atoms with Gasteiger partial charge in [-0.3, -0.25) is 0 Å². The highest BCUT2D eigenvalue weighted by molar-refractivity contribution is 6.31. The molecule has 0 fully saturated rings.